The molecule has 27 heavy (non-hydrogen) atoms. The summed E-state index contributed by atoms with van der Waals surface area (Å²) in [5.41, 5.74) is 0.519. The Morgan fingerprint density at radius 2 is 1.89 bits per heavy atom. The lowest BCUT2D eigenvalue weighted by atomic mass is 9.55. The normalized spacial score (nSPS) is 26.8. The minimum absolute atomic E-state index is 0.0412. The first-order valence-corrected chi connectivity index (χ1v) is 9.38. The van der Waals surface area contributed by atoms with Crippen LogP contribution in [0.15, 0.2) is 42.0 Å². The maximum atomic E-state index is 9.95. The van der Waals surface area contributed by atoms with Gasteiger partial charge in [0.2, 0.25) is 0 Å². The number of nitrogens with zero attached hydrogens (tertiary/aromatic N) is 4. The molecule has 0 spiro atoms. The molecule has 5 heteroatoms. The summed E-state index contributed by atoms with van der Waals surface area (Å²) in [7, 11) is 0. The van der Waals surface area contributed by atoms with E-state index in [1.807, 2.05) is 36.4 Å². The predicted molar refractivity (Wildman–Crippen MR) is 102 cm³/mol. The van der Waals surface area contributed by atoms with E-state index in [-0.39, 0.29) is 17.5 Å². The van der Waals surface area contributed by atoms with Crippen molar-refractivity contribution in [2.75, 3.05) is 19.6 Å². The largest absolute Gasteiger partial charge is 0.305 e. The van der Waals surface area contributed by atoms with Gasteiger partial charge in [0.1, 0.15) is 5.92 Å². The molecule has 0 aromatic heterocycles. The van der Waals surface area contributed by atoms with Gasteiger partial charge in [-0.1, -0.05) is 43.3 Å². The molecule has 1 fully saturated rings. The highest BCUT2D eigenvalue weighted by atomic mass is 15.1. The summed E-state index contributed by atoms with van der Waals surface area (Å²) in [6.45, 7) is 4.46. The van der Waals surface area contributed by atoms with E-state index in [2.05, 4.69) is 30.0 Å². The number of rotatable bonds is 4. The Bertz CT molecular complexity index is 851. The van der Waals surface area contributed by atoms with Crippen LogP contribution < -0.4 is 0 Å². The summed E-state index contributed by atoms with van der Waals surface area (Å²) in [6.07, 6.45) is 3.44. The summed E-state index contributed by atoms with van der Waals surface area (Å²) in [6, 6.07) is 16.5. The molecule has 0 bridgehead atoms. The van der Waals surface area contributed by atoms with E-state index in [0.29, 0.717) is 6.42 Å². The van der Waals surface area contributed by atoms with Crippen molar-refractivity contribution in [1.29, 1.82) is 21.2 Å². The Morgan fingerprint density at radius 1 is 1.19 bits per heavy atom. The molecule has 1 aromatic carbocycles. The summed E-state index contributed by atoms with van der Waals surface area (Å²) in [4.78, 5) is 2.27. The number of hydrogen-bond donors (Lipinski definition) is 1. The standard InChI is InChI=1S/C22H23N5/c1-2-27-11-10-17-18(12-23)21(26)22(14-24,15-25)20(19(17)13-27)9-8-16-6-4-3-5-7-16/h3-7,10,18-20,26H,2,8-9,11,13H2,1H3/t18?,19-,20+/m1/s1. The number of aryl methyl sites for hydroxylation is 1. The van der Waals surface area contributed by atoms with Gasteiger partial charge in [-0.25, -0.2) is 0 Å². The zero-order valence-electron chi connectivity index (χ0n) is 15.5. The van der Waals surface area contributed by atoms with Crippen molar-refractivity contribution in [2.45, 2.75) is 19.8 Å². The first-order valence-electron chi connectivity index (χ1n) is 9.38. The van der Waals surface area contributed by atoms with Gasteiger partial charge in [-0.05, 0) is 36.4 Å². The molecule has 1 aliphatic heterocycles. The zero-order valence-corrected chi connectivity index (χ0v) is 15.5. The van der Waals surface area contributed by atoms with E-state index in [4.69, 9.17) is 5.41 Å². The van der Waals surface area contributed by atoms with Gasteiger partial charge in [0.25, 0.3) is 0 Å². The molecule has 3 rings (SSSR count). The maximum Gasteiger partial charge on any atom is 0.185 e. The van der Waals surface area contributed by atoms with Crippen LogP contribution in [0.3, 0.4) is 0 Å². The van der Waals surface area contributed by atoms with Gasteiger partial charge >= 0.3 is 0 Å². The van der Waals surface area contributed by atoms with Crippen LogP contribution in [0, 0.1) is 62.6 Å². The van der Waals surface area contributed by atoms with Gasteiger partial charge in [-0.2, -0.15) is 15.8 Å². The molecular formula is C22H23N5. The predicted octanol–water partition coefficient (Wildman–Crippen LogP) is 3.32. The molecule has 0 amide bonds. The molecular weight excluding hydrogens is 334 g/mol. The number of hydrogen-bond acceptors (Lipinski definition) is 5. The molecule has 1 N–H and O–H groups in total. The molecule has 1 saturated carbocycles. The van der Waals surface area contributed by atoms with E-state index in [0.717, 1.165) is 37.2 Å². The van der Waals surface area contributed by atoms with E-state index in [1.54, 1.807) is 0 Å². The van der Waals surface area contributed by atoms with Crippen molar-refractivity contribution in [3.05, 3.63) is 47.5 Å². The smallest absolute Gasteiger partial charge is 0.185 e. The topological polar surface area (TPSA) is 98.5 Å². The molecule has 1 heterocycles. The quantitative estimate of drug-likeness (QED) is 0.836. The van der Waals surface area contributed by atoms with Crippen molar-refractivity contribution in [3.8, 4) is 18.2 Å². The Morgan fingerprint density at radius 3 is 2.48 bits per heavy atom. The maximum absolute atomic E-state index is 9.95. The number of fused-ring (bicyclic) bond motifs is 1. The number of likely N-dealkylation sites (N-methyl/N-ethyl adjacent to an activating group) is 1. The highest BCUT2D eigenvalue weighted by molar-refractivity contribution is 6.00. The SMILES string of the molecule is CCN1CC=C2C(C#N)C(=N)C(C#N)(C#N)[C@@H](CCc3ccccc3)[C@@H]2C1. The summed E-state index contributed by atoms with van der Waals surface area (Å²) >= 11 is 0. The van der Waals surface area contributed by atoms with Gasteiger partial charge in [-0.15, -0.1) is 0 Å². The monoisotopic (exact) mass is 357 g/mol. The highest BCUT2D eigenvalue weighted by Gasteiger charge is 2.56. The fourth-order valence-electron chi connectivity index (χ4n) is 4.52. The Labute approximate surface area is 160 Å². The molecule has 1 aromatic rings. The van der Waals surface area contributed by atoms with Crippen LogP contribution >= 0.6 is 0 Å². The molecule has 136 valence electrons. The highest BCUT2D eigenvalue weighted by Crippen LogP contribution is 2.50. The third-order valence-electron chi connectivity index (χ3n) is 6.07. The Hall–Kier alpha value is -2.94. The average Bonchev–Trinajstić information content (AvgIpc) is 2.72. The minimum atomic E-state index is -1.53. The van der Waals surface area contributed by atoms with Crippen molar-refractivity contribution in [3.63, 3.8) is 0 Å². The second kappa shape index (κ2) is 7.75. The lowest BCUT2D eigenvalue weighted by Crippen LogP contribution is -2.54. The molecule has 2 aliphatic rings. The van der Waals surface area contributed by atoms with Gasteiger partial charge in [0.05, 0.1) is 23.9 Å². The molecule has 3 atom stereocenters. The van der Waals surface area contributed by atoms with E-state index in [1.165, 1.54) is 0 Å². The minimum Gasteiger partial charge on any atom is -0.305 e. The van der Waals surface area contributed by atoms with Gasteiger partial charge in [0.15, 0.2) is 5.41 Å². The van der Waals surface area contributed by atoms with Crippen molar-refractivity contribution in [2.24, 2.45) is 23.2 Å². The third-order valence-corrected chi connectivity index (χ3v) is 6.07. The van der Waals surface area contributed by atoms with Crippen molar-refractivity contribution in [1.82, 2.24) is 4.90 Å². The van der Waals surface area contributed by atoms with Gasteiger partial charge < -0.3 is 5.41 Å². The van der Waals surface area contributed by atoms with Gasteiger partial charge in [-0.3, -0.25) is 4.90 Å². The van der Waals surface area contributed by atoms with Gasteiger partial charge in [0, 0.05) is 19.0 Å². The lowest BCUT2D eigenvalue weighted by Gasteiger charge is -2.47. The first kappa shape index (κ1) is 18.8. The van der Waals surface area contributed by atoms with Crippen LogP contribution in [-0.4, -0.2) is 30.2 Å². The Kier molecular flexibility index (Phi) is 5.41. The van der Waals surface area contributed by atoms with Crippen LogP contribution in [0.25, 0.3) is 0 Å². The molecule has 0 radical (unpaired) electrons. The second-order valence-electron chi connectivity index (χ2n) is 7.30. The summed E-state index contributed by atoms with van der Waals surface area (Å²) in [5.74, 6) is -1.09. The van der Waals surface area contributed by atoms with Crippen LogP contribution in [0.2, 0.25) is 0 Å². The molecule has 1 unspecified atom stereocenters. The van der Waals surface area contributed by atoms with Crippen LogP contribution in [0.5, 0.6) is 0 Å². The van der Waals surface area contributed by atoms with Crippen LogP contribution in [0.4, 0.5) is 0 Å². The lowest BCUT2D eigenvalue weighted by molar-refractivity contribution is 0.165. The number of benzene rings is 1. The van der Waals surface area contributed by atoms with E-state index in [9.17, 15) is 15.8 Å². The number of nitriles is 3. The number of nitrogens with one attached hydrogen (secondary N) is 1. The summed E-state index contributed by atoms with van der Waals surface area (Å²) in [5, 5.41) is 38.1. The van der Waals surface area contributed by atoms with Crippen molar-refractivity contribution < 1.29 is 0 Å². The third kappa shape index (κ3) is 3.14. The van der Waals surface area contributed by atoms with E-state index < -0.39 is 11.3 Å². The molecule has 5 nitrogen and oxygen atoms in total. The van der Waals surface area contributed by atoms with Crippen LogP contribution in [-0.2, 0) is 6.42 Å². The van der Waals surface area contributed by atoms with Crippen LogP contribution in [0.1, 0.15) is 18.9 Å². The van der Waals surface area contributed by atoms with E-state index >= 15 is 0 Å². The molecule has 0 saturated heterocycles. The molecule has 1 aliphatic carbocycles. The summed E-state index contributed by atoms with van der Waals surface area (Å²) < 4.78 is 0. The zero-order chi connectivity index (χ0) is 19.4. The fraction of sp³-hybridized carbons (Fsp3) is 0.455. The second-order valence-corrected chi connectivity index (χ2v) is 7.30. The fourth-order valence-corrected chi connectivity index (χ4v) is 4.52. The average molecular weight is 357 g/mol. The first-order chi connectivity index (χ1) is 13.1. The van der Waals surface area contributed by atoms with Crippen molar-refractivity contribution >= 4 is 5.71 Å². The Balaban J connectivity index is 2.02.